The van der Waals surface area contributed by atoms with Crippen LogP contribution in [0, 0.1) is 0 Å². The van der Waals surface area contributed by atoms with Crippen LogP contribution >= 0.6 is 23.5 Å². The van der Waals surface area contributed by atoms with Crippen molar-refractivity contribution in [1.82, 2.24) is 9.55 Å². The zero-order chi connectivity index (χ0) is 23.8. The Morgan fingerprint density at radius 2 is 1.71 bits per heavy atom. The summed E-state index contributed by atoms with van der Waals surface area (Å²) in [5.41, 5.74) is -2.78. The first kappa shape index (κ1) is 25.9. The zero-order valence-corrected chi connectivity index (χ0v) is 17.3. The topological polar surface area (TPSA) is 293 Å². The number of H-pyrrole nitrogens is 1. The summed E-state index contributed by atoms with van der Waals surface area (Å²) in [4.78, 5) is 78.9. The monoisotopic (exact) mass is 508 g/mol. The van der Waals surface area contributed by atoms with Crippen LogP contribution in [0.25, 0.3) is 0 Å². The molecular formula is C10H11N2O16P3-4. The van der Waals surface area contributed by atoms with Crippen LogP contribution in [0.1, 0.15) is 16.6 Å². The van der Waals surface area contributed by atoms with Gasteiger partial charge in [-0.3, -0.25) is 32.6 Å². The van der Waals surface area contributed by atoms with Crippen LogP contribution in [0.2, 0.25) is 0 Å². The lowest BCUT2D eigenvalue weighted by molar-refractivity contribution is -0.339. The largest absolute Gasteiger partial charge is 0.790 e. The summed E-state index contributed by atoms with van der Waals surface area (Å²) in [6, 6.07) is 0. The Hall–Kier alpha value is -1.36. The highest BCUT2D eigenvalue weighted by atomic mass is 31.3. The number of aliphatic hydroxyl groups excluding tert-OH is 2. The van der Waals surface area contributed by atoms with Gasteiger partial charge >= 0.3 is 5.69 Å². The van der Waals surface area contributed by atoms with E-state index < -0.39 is 71.4 Å². The van der Waals surface area contributed by atoms with E-state index in [1.165, 1.54) is 0 Å². The molecule has 0 spiro atoms. The van der Waals surface area contributed by atoms with E-state index in [9.17, 15) is 57.9 Å². The molecule has 31 heavy (non-hydrogen) atoms. The van der Waals surface area contributed by atoms with Crippen molar-refractivity contribution >= 4 is 29.8 Å². The van der Waals surface area contributed by atoms with E-state index in [-0.39, 0.29) is 6.29 Å². The molecule has 1 fully saturated rings. The highest BCUT2D eigenvalue weighted by molar-refractivity contribution is 7.64. The second-order valence-corrected chi connectivity index (χ2v) is 9.96. The molecule has 1 aromatic rings. The smallest absolute Gasteiger partial charge is 0.330 e. The van der Waals surface area contributed by atoms with E-state index in [0.717, 1.165) is 0 Å². The number of aliphatic hydroxyl groups is 2. The molecule has 21 heteroatoms. The minimum Gasteiger partial charge on any atom is -0.790 e. The molecule has 1 aliphatic rings. The minimum atomic E-state index is -6.21. The third kappa shape index (κ3) is 6.81. The SMILES string of the molecule is O=Cc1cn(C2OC(COP(=O)([O-])OP(=O)([O-])OP(=O)([O-])[O-])C(O)C2O)c(=O)[nH]c1=O. The van der Waals surface area contributed by atoms with E-state index in [1.54, 1.807) is 4.98 Å². The summed E-state index contributed by atoms with van der Waals surface area (Å²) in [7, 11) is -18.3. The van der Waals surface area contributed by atoms with Crippen molar-refractivity contribution in [2.24, 2.45) is 0 Å². The van der Waals surface area contributed by atoms with E-state index in [2.05, 4.69) is 13.1 Å². The van der Waals surface area contributed by atoms with Gasteiger partial charge in [0.15, 0.2) is 12.5 Å². The van der Waals surface area contributed by atoms with Crippen LogP contribution < -0.4 is 30.8 Å². The summed E-state index contributed by atoms with van der Waals surface area (Å²) in [6.45, 7) is -1.24. The predicted molar refractivity (Wildman–Crippen MR) is 83.6 cm³/mol. The van der Waals surface area contributed by atoms with Gasteiger partial charge in [-0.05, 0) is 0 Å². The third-order valence-electron chi connectivity index (χ3n) is 3.53. The van der Waals surface area contributed by atoms with Crippen molar-refractivity contribution in [1.29, 1.82) is 0 Å². The number of nitrogens with zero attached hydrogens (tertiary/aromatic N) is 1. The summed E-state index contributed by atoms with van der Waals surface area (Å²) in [5, 5.41) is 20.0. The molecule has 176 valence electrons. The lowest BCUT2D eigenvalue weighted by Crippen LogP contribution is -2.38. The Morgan fingerprint density at radius 1 is 1.10 bits per heavy atom. The predicted octanol–water partition coefficient (Wildman–Crippen LogP) is -5.22. The first-order valence-electron chi connectivity index (χ1n) is 7.59. The number of phosphoric ester groups is 1. The molecule has 1 aliphatic heterocycles. The highest BCUT2D eigenvalue weighted by Crippen LogP contribution is 2.60. The molecule has 2 heterocycles. The molecule has 0 aromatic carbocycles. The molecule has 2 rings (SSSR count). The highest BCUT2D eigenvalue weighted by Gasteiger charge is 2.45. The number of aldehydes is 1. The summed E-state index contributed by atoms with van der Waals surface area (Å²) >= 11 is 0. The van der Waals surface area contributed by atoms with Gasteiger partial charge in [-0.15, -0.1) is 0 Å². The molecule has 18 nitrogen and oxygen atoms in total. The van der Waals surface area contributed by atoms with Gasteiger partial charge in [0.25, 0.3) is 21.2 Å². The van der Waals surface area contributed by atoms with E-state index in [4.69, 9.17) is 4.74 Å². The van der Waals surface area contributed by atoms with Crippen LogP contribution in [-0.4, -0.2) is 51.0 Å². The van der Waals surface area contributed by atoms with E-state index in [1.807, 2.05) is 0 Å². The molecule has 0 aliphatic carbocycles. The maximum absolute atomic E-state index is 11.9. The molecule has 6 atom stereocenters. The minimum absolute atomic E-state index is 0.0735. The van der Waals surface area contributed by atoms with Gasteiger partial charge in [-0.2, -0.15) is 0 Å². The second-order valence-electron chi connectivity index (χ2n) is 5.72. The van der Waals surface area contributed by atoms with Gasteiger partial charge < -0.3 is 43.6 Å². The number of nitrogens with one attached hydrogen (secondary N) is 1. The van der Waals surface area contributed by atoms with Crippen LogP contribution in [0.15, 0.2) is 15.8 Å². The molecule has 0 radical (unpaired) electrons. The zero-order valence-electron chi connectivity index (χ0n) is 14.6. The normalized spacial score (nSPS) is 28.1. The number of rotatable bonds is 9. The van der Waals surface area contributed by atoms with Crippen LogP contribution in [0.3, 0.4) is 0 Å². The van der Waals surface area contributed by atoms with Gasteiger partial charge in [0, 0.05) is 6.20 Å². The Kier molecular flexibility index (Phi) is 7.73. The van der Waals surface area contributed by atoms with Gasteiger partial charge in [0.2, 0.25) is 0 Å². The molecular weight excluding hydrogens is 497 g/mol. The van der Waals surface area contributed by atoms with Crippen molar-refractivity contribution in [3.05, 3.63) is 32.6 Å². The van der Waals surface area contributed by atoms with Crippen molar-refractivity contribution in [2.75, 3.05) is 6.61 Å². The maximum Gasteiger partial charge on any atom is 0.330 e. The average molecular weight is 508 g/mol. The number of carbonyl (C=O) groups is 1. The molecule has 1 saturated heterocycles. The lowest BCUT2D eigenvalue weighted by Gasteiger charge is -2.37. The van der Waals surface area contributed by atoms with Crippen molar-refractivity contribution in [3.63, 3.8) is 0 Å². The summed E-state index contributed by atoms with van der Waals surface area (Å²) < 4.78 is 48.8. The molecule has 0 amide bonds. The summed E-state index contributed by atoms with van der Waals surface area (Å²) in [5.74, 6) is 0. The molecule has 0 saturated carbocycles. The van der Waals surface area contributed by atoms with E-state index >= 15 is 0 Å². The number of hydrogen-bond donors (Lipinski definition) is 3. The summed E-state index contributed by atoms with van der Waals surface area (Å²) in [6.07, 6.45) is -6.61. The molecule has 0 bridgehead atoms. The fourth-order valence-electron chi connectivity index (χ4n) is 2.32. The maximum atomic E-state index is 11.9. The van der Waals surface area contributed by atoms with Gasteiger partial charge in [0.1, 0.15) is 18.3 Å². The fourth-order valence-corrected chi connectivity index (χ4v) is 5.18. The van der Waals surface area contributed by atoms with Crippen molar-refractivity contribution in [3.8, 4) is 0 Å². The van der Waals surface area contributed by atoms with Gasteiger partial charge in [-0.1, -0.05) is 0 Å². The molecule has 6 unspecified atom stereocenters. The quantitative estimate of drug-likeness (QED) is 0.207. The molecule has 3 N–H and O–H groups in total. The number of carbonyl (C=O) groups excluding carboxylic acids is 1. The second kappa shape index (κ2) is 9.25. The fraction of sp³-hybridized carbons (Fsp3) is 0.500. The number of aromatic amines is 1. The first-order valence-corrected chi connectivity index (χ1v) is 12.0. The van der Waals surface area contributed by atoms with Gasteiger partial charge in [-0.25, -0.2) is 9.11 Å². The Labute approximate surface area is 170 Å². The van der Waals surface area contributed by atoms with Crippen molar-refractivity contribution < 1.29 is 66.2 Å². The van der Waals surface area contributed by atoms with Gasteiger partial charge in [0.05, 0.1) is 20.0 Å². The Bertz CT molecular complexity index is 1090. The third-order valence-corrected chi connectivity index (χ3v) is 7.20. The number of phosphoric acid groups is 3. The number of hydrogen-bond acceptors (Lipinski definition) is 16. The first-order chi connectivity index (χ1) is 14.1. The van der Waals surface area contributed by atoms with E-state index in [0.29, 0.717) is 10.8 Å². The van der Waals surface area contributed by atoms with Crippen LogP contribution in [-0.2, 0) is 31.6 Å². The number of aromatic nitrogens is 2. The average Bonchev–Trinajstić information content (AvgIpc) is 2.85. The lowest BCUT2D eigenvalue weighted by atomic mass is 10.1. The Morgan fingerprint density at radius 3 is 2.26 bits per heavy atom. The standard InChI is InChI=1S/C10H15N2O16P3/c13-2-4-1-12(10(17)11-8(4)16)9-7(15)6(14)5(26-9)3-25-30(21,22)28-31(23,24)27-29(18,19)20/h1-2,5-7,9,14-15H,3H2,(H,21,22)(H,23,24)(H,11,16,17)(H2,18,19,20)/p-4. The number of ether oxygens (including phenoxy) is 1. The molecule has 1 aromatic heterocycles. The van der Waals surface area contributed by atoms with Crippen molar-refractivity contribution in [2.45, 2.75) is 24.5 Å². The Balaban J connectivity index is 2.13. The van der Waals surface area contributed by atoms with Crippen LogP contribution in [0.5, 0.6) is 0 Å². The van der Waals surface area contributed by atoms with Crippen LogP contribution in [0.4, 0.5) is 0 Å².